The van der Waals surface area contributed by atoms with E-state index in [1.807, 2.05) is 111 Å². The second-order valence-electron chi connectivity index (χ2n) is 33.6. The van der Waals surface area contributed by atoms with Gasteiger partial charge in [-0.05, 0) is 209 Å². The van der Waals surface area contributed by atoms with Crippen molar-refractivity contribution in [3.8, 4) is 0 Å². The summed E-state index contributed by atoms with van der Waals surface area (Å²) in [4.78, 5) is 236. The summed E-state index contributed by atoms with van der Waals surface area (Å²) in [6, 6.07) is 23.9. The minimum absolute atomic E-state index is 0.0532. The average molecular weight is 2140 g/mol. The summed E-state index contributed by atoms with van der Waals surface area (Å²) in [6.45, 7) is 9.69. The second-order valence-corrected chi connectivity index (χ2v) is 34.1. The van der Waals surface area contributed by atoms with Gasteiger partial charge in [0.1, 0.15) is 60.4 Å². The zero-order chi connectivity index (χ0) is 112. The third kappa shape index (κ3) is 66.8. The molecule has 52 nitrogen and oxygen atoms in total. The monoisotopic (exact) mass is 2140 g/mol. The van der Waals surface area contributed by atoms with Crippen molar-refractivity contribution >= 4 is 143 Å². The molecule has 10 atom stereocenters. The van der Waals surface area contributed by atoms with Gasteiger partial charge in [0.05, 0.1) is 0 Å². The lowest BCUT2D eigenvalue weighted by molar-refractivity contribution is -0.142. The Kier molecular flexibility index (Phi) is 68.0. The Labute approximate surface area is 867 Å². The van der Waals surface area contributed by atoms with Gasteiger partial charge in [0.25, 0.3) is 0 Å². The third-order valence-corrected chi connectivity index (χ3v) is 21.6. The summed E-state index contributed by atoms with van der Waals surface area (Å²) < 4.78 is 0. The maximum absolute atomic E-state index is 11.9. The predicted molar refractivity (Wildman–Crippen MR) is 537 cm³/mol. The zero-order valence-corrected chi connectivity index (χ0v) is 83.4. The Bertz CT molecular complexity index is 5090. The first-order valence-corrected chi connectivity index (χ1v) is 48.0. The van der Waals surface area contributed by atoms with Crippen molar-refractivity contribution in [1.29, 1.82) is 0 Å². The Morgan fingerprint density at radius 3 is 0.747 bits per heavy atom. The molecule has 0 fully saturated rings. The fraction of sp³-hybridized carbons (Fsp3) is 0.474. The zero-order valence-electron chi connectivity index (χ0n) is 82.7. The maximum Gasteiger partial charge on any atom is 0.326 e. The topological polar surface area (TPSA) is 854 Å². The Hall–Kier alpha value is -16.1. The van der Waals surface area contributed by atoms with Crippen LogP contribution in [-0.2, 0) is 98.1 Å². The number of carbonyl (C=O) groups excluding carboxylic acids is 6. The van der Waals surface area contributed by atoms with Gasteiger partial charge in [-0.15, -0.1) is 0 Å². The predicted octanol–water partition coefficient (Wildman–Crippen LogP) is 6.39. The number of aryl methyl sites for hydroxylation is 2. The van der Waals surface area contributed by atoms with Crippen LogP contribution in [0.3, 0.4) is 0 Å². The lowest BCUT2D eigenvalue weighted by atomic mass is 10.1. The number of hydrogen-bond donors (Lipinski definition) is 31. The molecular weight excluding hydrogens is 2000 g/mol. The van der Waals surface area contributed by atoms with E-state index in [1.54, 1.807) is 30.3 Å². The molecule has 53 heteroatoms. The molecule has 0 unspecified atom stereocenters. The molecule has 5 aromatic rings. The molecule has 0 aromatic heterocycles. The first kappa shape index (κ1) is 132. The van der Waals surface area contributed by atoms with E-state index in [0.717, 1.165) is 22.3 Å². The van der Waals surface area contributed by atoms with E-state index in [4.69, 9.17) is 62.7 Å². The van der Waals surface area contributed by atoms with Crippen LogP contribution in [0.2, 0.25) is 5.02 Å². The van der Waals surface area contributed by atoms with Crippen LogP contribution >= 0.6 is 11.6 Å². The van der Waals surface area contributed by atoms with Crippen LogP contribution in [0, 0.1) is 13.8 Å². The lowest BCUT2D eigenvalue weighted by Crippen LogP contribution is -2.51. The summed E-state index contributed by atoms with van der Waals surface area (Å²) in [5.41, 5.74) is 7.40. The van der Waals surface area contributed by atoms with Crippen molar-refractivity contribution in [1.82, 2.24) is 79.8 Å². The molecule has 0 saturated heterocycles. The Balaban J connectivity index is 0.000000938. The number of urea groups is 6. The van der Waals surface area contributed by atoms with E-state index in [1.165, 1.54) is 11.1 Å². The summed E-state index contributed by atoms with van der Waals surface area (Å²) in [5.74, 6) is -19.2. The van der Waals surface area contributed by atoms with Gasteiger partial charge >= 0.3 is 126 Å². The number of rotatable bonds is 69. The van der Waals surface area contributed by atoms with Crippen LogP contribution in [0.15, 0.2) is 133 Å². The number of benzene rings is 5. The normalized spacial score (nSPS) is 12.5. The fourth-order valence-corrected chi connectivity index (χ4v) is 13.4. The van der Waals surface area contributed by atoms with Crippen LogP contribution in [0.1, 0.15) is 194 Å². The minimum atomic E-state index is -1.46. The standard InChI is InChI=1S/2C20H29N3O7.C19H26ClN3O7.C19H26N4O8.C19H27N3O7/c1-13-5-4-6-14(11-13)12-21-10-3-2-7-15(18(26)27)22-20(30)23-16(19(28)29)8-9-17(24)25;1-13-5-7-14(8-6-13)12-21-11-3-2-4-15(18(26)27)22-20(30)23-16(19(28)29)9-10-17(24)25;20-13-6-2-1-5-12(13)11-21-10-4-3-7-14(17(26)27)22-19(30)23-15(18(28)29)8-9-16(24)25;24-15(25)10-9-14(17(28)29)23-19(31)22-13(16(26)27)8-4-5-11-20-18(30)21-12-6-2-1-3-7-12;23-16(24)10-9-15(18(27)28)22-19(29)21-14(17(25)26)8-4-5-11-20-12-13-6-2-1-3-7-13/h4-6,11,15-16,21H,2-3,7-10,12H2,1H3,(H,24,25)(H,26,27)(H,28,29)(H2,22,23,30);5-8,15-16,21H,2-4,9-12H2,1H3,(H,24,25)(H,26,27)(H,28,29)(H2,22,23,30);1-2,5-6,14-15,21H,3-4,7-11H2,(H,24,25)(H,26,27)(H,28,29)(H2,22,23,30);1-3,6-7,13-14H,4-5,8-11H2,(H,24,25)(H,26,27)(H,28,29)(H2,20,21,30)(H2,22,23,31);1-3,6-7,14-15,20H,4-5,8-12H2,(H,23,24)(H,25,26)(H,27,28)(H2,21,22,29)/t2*15-,16-;14-,15-;13-,14-;14-,15-/m00000/s1. The van der Waals surface area contributed by atoms with Crippen molar-refractivity contribution < 1.29 is 177 Å². The number of aliphatic carboxylic acids is 15. The fourth-order valence-electron chi connectivity index (χ4n) is 13.2. The largest absolute Gasteiger partial charge is 0.481 e. The highest BCUT2D eigenvalue weighted by Gasteiger charge is 2.32. The molecule has 0 spiro atoms. The highest BCUT2D eigenvalue weighted by atomic mass is 35.5. The molecule has 0 heterocycles. The van der Waals surface area contributed by atoms with Crippen LogP contribution in [0.25, 0.3) is 0 Å². The molecule has 150 heavy (non-hydrogen) atoms. The van der Waals surface area contributed by atoms with Crippen molar-refractivity contribution in [2.75, 3.05) is 38.0 Å². The van der Waals surface area contributed by atoms with Crippen molar-refractivity contribution in [3.63, 3.8) is 0 Å². The van der Waals surface area contributed by atoms with Gasteiger partial charge in [0.2, 0.25) is 0 Å². The van der Waals surface area contributed by atoms with Crippen LogP contribution in [0.4, 0.5) is 34.5 Å². The van der Waals surface area contributed by atoms with E-state index in [9.17, 15) is 126 Å². The average Bonchev–Trinajstić information content (AvgIpc) is 0.912. The van der Waals surface area contributed by atoms with E-state index < -0.39 is 218 Å². The quantitative estimate of drug-likeness (QED) is 0.0188. The number of nitrogens with one attached hydrogen (secondary N) is 16. The van der Waals surface area contributed by atoms with Gasteiger partial charge < -0.3 is 162 Å². The van der Waals surface area contributed by atoms with Crippen LogP contribution < -0.4 is 85.1 Å². The number of carboxylic acid groups (broad SMARTS) is 15. The van der Waals surface area contributed by atoms with E-state index >= 15 is 0 Å². The highest BCUT2D eigenvalue weighted by molar-refractivity contribution is 6.31. The molecule has 31 N–H and O–H groups in total. The summed E-state index contributed by atoms with van der Waals surface area (Å²) in [7, 11) is 0. The van der Waals surface area contributed by atoms with Crippen molar-refractivity contribution in [2.45, 2.75) is 261 Å². The summed E-state index contributed by atoms with van der Waals surface area (Å²) in [5, 5.41) is 175. The van der Waals surface area contributed by atoms with E-state index in [2.05, 4.69) is 91.1 Å². The molecule has 12 amide bonds. The van der Waals surface area contributed by atoms with Crippen molar-refractivity contribution in [3.05, 3.63) is 172 Å². The van der Waals surface area contributed by atoms with Crippen LogP contribution in [0.5, 0.6) is 0 Å². The van der Waals surface area contributed by atoms with Crippen molar-refractivity contribution in [2.24, 2.45) is 0 Å². The number of halogens is 1. The van der Waals surface area contributed by atoms with Crippen LogP contribution in [-0.4, -0.2) is 295 Å². The maximum atomic E-state index is 11.9. The number of hydrogen-bond acceptors (Lipinski definition) is 25. The highest BCUT2D eigenvalue weighted by Crippen LogP contribution is 2.17. The molecule has 0 aliphatic heterocycles. The van der Waals surface area contributed by atoms with E-state index in [0.29, 0.717) is 127 Å². The first-order valence-electron chi connectivity index (χ1n) is 47.6. The molecule has 0 aliphatic rings. The summed E-state index contributed by atoms with van der Waals surface area (Å²) in [6.07, 6.45) is 2.70. The molecule has 0 bridgehead atoms. The molecule has 0 saturated carbocycles. The molecule has 828 valence electrons. The number of carbonyl (C=O) groups is 21. The molecule has 5 aromatic carbocycles. The Morgan fingerprint density at radius 1 is 0.233 bits per heavy atom. The third-order valence-electron chi connectivity index (χ3n) is 21.2. The smallest absolute Gasteiger partial charge is 0.326 e. The number of para-hydroxylation sites is 1. The molecule has 0 aliphatic carbocycles. The number of unbranched alkanes of at least 4 members (excludes halogenated alkanes) is 5. The first-order chi connectivity index (χ1) is 71.0. The summed E-state index contributed by atoms with van der Waals surface area (Å²) >= 11 is 6.06. The Morgan fingerprint density at radius 2 is 0.473 bits per heavy atom. The molecular formula is C97H137ClN16O36. The minimum Gasteiger partial charge on any atom is -0.481 e. The van der Waals surface area contributed by atoms with E-state index in [-0.39, 0.29) is 70.8 Å². The number of carboxylic acids is 15. The second kappa shape index (κ2) is 77.3. The van der Waals surface area contributed by atoms with Gasteiger partial charge in [-0.1, -0.05) is 138 Å². The van der Waals surface area contributed by atoms with Gasteiger partial charge in [-0.3, -0.25) is 24.0 Å². The SMILES string of the molecule is Cc1ccc(CNCCCC[C@H](NC(=O)N[C@@H](CCC(=O)O)C(=O)O)C(=O)O)cc1.Cc1cccc(CNCCCC[C@H](NC(=O)N[C@@H](CCC(=O)O)C(=O)O)C(=O)O)c1.O=C(O)CC[C@H](NC(=O)N[C@@H](CCCCNC(=O)Nc1ccccc1)C(=O)O)C(=O)O.O=C(O)CC[C@H](NC(=O)N[C@@H](CCCCNCc1ccccc1)C(=O)O)C(=O)O.O=C(O)CC[C@H](NC(=O)N[C@@H](CCCCNCc1ccccc1Cl)C(=O)O)C(=O)O. The molecule has 0 radical (unpaired) electrons. The van der Waals surface area contributed by atoms with Gasteiger partial charge in [0, 0.05) is 75.5 Å². The van der Waals surface area contributed by atoms with Gasteiger partial charge in [0.15, 0.2) is 0 Å². The number of amides is 12. The number of anilines is 1. The molecule has 5 rings (SSSR count). The van der Waals surface area contributed by atoms with Gasteiger partial charge in [-0.25, -0.2) is 76.7 Å². The lowest BCUT2D eigenvalue weighted by Gasteiger charge is -2.18. The van der Waals surface area contributed by atoms with Gasteiger partial charge in [-0.2, -0.15) is 0 Å².